The van der Waals surface area contributed by atoms with E-state index in [1.807, 2.05) is 18.2 Å². The Labute approximate surface area is 115 Å². The van der Waals surface area contributed by atoms with E-state index in [0.29, 0.717) is 25.5 Å². The van der Waals surface area contributed by atoms with Crippen LogP contribution in [-0.4, -0.2) is 33.6 Å². The molecule has 1 aliphatic heterocycles. The third kappa shape index (κ3) is 3.94. The van der Waals surface area contributed by atoms with Crippen LogP contribution in [0.15, 0.2) is 24.3 Å². The fraction of sp³-hybridized carbons (Fsp3) is 0.571. The van der Waals surface area contributed by atoms with Crippen LogP contribution in [0.4, 0.5) is 0 Å². The summed E-state index contributed by atoms with van der Waals surface area (Å²) in [4.78, 5) is 0. The summed E-state index contributed by atoms with van der Waals surface area (Å²) < 4.78 is 27.9. The summed E-state index contributed by atoms with van der Waals surface area (Å²) in [6.07, 6.45) is 1.92. The van der Waals surface area contributed by atoms with Crippen LogP contribution in [0.25, 0.3) is 0 Å². The predicted molar refractivity (Wildman–Crippen MR) is 76.2 cm³/mol. The molecule has 0 aliphatic carbocycles. The molecule has 0 amide bonds. The highest BCUT2D eigenvalue weighted by Gasteiger charge is 2.26. The average Bonchev–Trinajstić information content (AvgIpc) is 2.35. The Morgan fingerprint density at radius 1 is 1.37 bits per heavy atom. The maximum Gasteiger partial charge on any atom is 0.147 e. The van der Waals surface area contributed by atoms with Crippen LogP contribution in [0, 0.1) is 5.92 Å². The molecule has 1 aromatic rings. The number of hydrogen-bond acceptors (Lipinski definition) is 4. The van der Waals surface area contributed by atoms with E-state index in [1.54, 1.807) is 0 Å². The van der Waals surface area contributed by atoms with Gasteiger partial charge in [-0.2, -0.15) is 0 Å². The molecule has 1 aromatic carbocycles. The lowest BCUT2D eigenvalue weighted by molar-refractivity contribution is 0.189. The molecule has 106 valence electrons. The van der Waals surface area contributed by atoms with Gasteiger partial charge in [0.25, 0.3) is 0 Å². The van der Waals surface area contributed by atoms with E-state index in [1.165, 1.54) is 11.8 Å². The normalized spacial score (nSPS) is 22.6. The SMILES string of the molecule is CC1COc2ccccc2C1NCCCS(C)(=O)=O. The van der Waals surface area contributed by atoms with Crippen molar-refractivity contribution in [1.82, 2.24) is 5.32 Å². The lowest BCUT2D eigenvalue weighted by atomic mass is 9.92. The zero-order chi connectivity index (χ0) is 13.9. The minimum absolute atomic E-state index is 0.235. The summed E-state index contributed by atoms with van der Waals surface area (Å²) in [7, 11) is -2.87. The number of fused-ring (bicyclic) bond motifs is 1. The van der Waals surface area contributed by atoms with Crippen molar-refractivity contribution in [1.29, 1.82) is 0 Å². The van der Waals surface area contributed by atoms with Gasteiger partial charge in [0.1, 0.15) is 15.6 Å². The largest absolute Gasteiger partial charge is 0.493 e. The van der Waals surface area contributed by atoms with Crippen LogP contribution in [0.1, 0.15) is 24.9 Å². The Balaban J connectivity index is 1.96. The molecule has 0 fully saturated rings. The van der Waals surface area contributed by atoms with Gasteiger partial charge in [0.15, 0.2) is 0 Å². The molecule has 1 N–H and O–H groups in total. The summed E-state index contributed by atoms with van der Waals surface area (Å²) in [5, 5.41) is 3.46. The van der Waals surface area contributed by atoms with Crippen LogP contribution in [0.2, 0.25) is 0 Å². The third-order valence-corrected chi connectivity index (χ3v) is 4.41. The Hall–Kier alpha value is -1.07. The van der Waals surface area contributed by atoms with E-state index in [-0.39, 0.29) is 11.8 Å². The standard InChI is InChI=1S/C14H21NO3S/c1-11-10-18-13-7-4-3-6-12(13)14(11)15-8-5-9-19(2,16)17/h3-4,6-7,11,14-15H,5,8-10H2,1-2H3. The second kappa shape index (κ2) is 5.92. The molecule has 0 bridgehead atoms. The van der Waals surface area contributed by atoms with Gasteiger partial charge >= 0.3 is 0 Å². The summed E-state index contributed by atoms with van der Waals surface area (Å²) >= 11 is 0. The Morgan fingerprint density at radius 2 is 2.11 bits per heavy atom. The van der Waals surface area contributed by atoms with Crippen molar-refractivity contribution in [2.45, 2.75) is 19.4 Å². The topological polar surface area (TPSA) is 55.4 Å². The van der Waals surface area contributed by atoms with Gasteiger partial charge in [0.2, 0.25) is 0 Å². The van der Waals surface area contributed by atoms with Crippen molar-refractivity contribution in [3.8, 4) is 5.75 Å². The van der Waals surface area contributed by atoms with Crippen LogP contribution >= 0.6 is 0 Å². The van der Waals surface area contributed by atoms with E-state index in [2.05, 4.69) is 18.3 Å². The zero-order valence-corrected chi connectivity index (χ0v) is 12.2. The summed E-state index contributed by atoms with van der Waals surface area (Å²) in [5.74, 6) is 1.55. The second-order valence-corrected chi connectivity index (χ2v) is 7.50. The number of rotatable bonds is 5. The molecule has 5 heteroatoms. The second-order valence-electron chi connectivity index (χ2n) is 5.24. The Kier molecular flexibility index (Phi) is 4.47. The minimum Gasteiger partial charge on any atom is -0.493 e. The van der Waals surface area contributed by atoms with E-state index in [4.69, 9.17) is 4.74 Å². The van der Waals surface area contributed by atoms with Crippen molar-refractivity contribution in [2.24, 2.45) is 5.92 Å². The lowest BCUT2D eigenvalue weighted by Gasteiger charge is -2.32. The first-order valence-electron chi connectivity index (χ1n) is 6.60. The molecule has 1 heterocycles. The van der Waals surface area contributed by atoms with Crippen molar-refractivity contribution < 1.29 is 13.2 Å². The molecule has 0 radical (unpaired) electrons. The van der Waals surface area contributed by atoms with Gasteiger partial charge in [-0.05, 0) is 19.0 Å². The summed E-state index contributed by atoms with van der Waals surface area (Å²) in [6.45, 7) is 3.54. The zero-order valence-electron chi connectivity index (χ0n) is 11.4. The average molecular weight is 283 g/mol. The molecule has 2 unspecified atom stereocenters. The smallest absolute Gasteiger partial charge is 0.147 e. The molecule has 1 aliphatic rings. The van der Waals surface area contributed by atoms with E-state index < -0.39 is 9.84 Å². The van der Waals surface area contributed by atoms with E-state index in [0.717, 1.165) is 5.75 Å². The number of ether oxygens (including phenoxy) is 1. The van der Waals surface area contributed by atoms with Crippen molar-refractivity contribution in [2.75, 3.05) is 25.2 Å². The summed E-state index contributed by atoms with van der Waals surface area (Å²) in [6, 6.07) is 8.26. The Bertz CT molecular complexity index is 527. The number of nitrogens with one attached hydrogen (secondary N) is 1. The maximum absolute atomic E-state index is 11.1. The van der Waals surface area contributed by atoms with Gasteiger partial charge in [0, 0.05) is 23.8 Å². The molecule has 2 atom stereocenters. The van der Waals surface area contributed by atoms with Gasteiger partial charge in [-0.15, -0.1) is 0 Å². The number of para-hydroxylation sites is 1. The third-order valence-electron chi connectivity index (χ3n) is 3.38. The molecule has 2 rings (SSSR count). The summed E-state index contributed by atoms with van der Waals surface area (Å²) in [5.41, 5.74) is 1.17. The first-order valence-corrected chi connectivity index (χ1v) is 8.66. The van der Waals surface area contributed by atoms with Gasteiger partial charge < -0.3 is 10.1 Å². The molecular formula is C14H21NO3S. The molecular weight excluding hydrogens is 262 g/mol. The number of sulfone groups is 1. The first kappa shape index (κ1) is 14.3. The number of hydrogen-bond donors (Lipinski definition) is 1. The van der Waals surface area contributed by atoms with Crippen LogP contribution < -0.4 is 10.1 Å². The van der Waals surface area contributed by atoms with Gasteiger partial charge in [-0.1, -0.05) is 25.1 Å². The predicted octanol–water partition coefficient (Wildman–Crippen LogP) is 1.78. The molecule has 0 saturated carbocycles. The molecule has 4 nitrogen and oxygen atoms in total. The van der Waals surface area contributed by atoms with Crippen molar-refractivity contribution in [3.63, 3.8) is 0 Å². The van der Waals surface area contributed by atoms with Gasteiger partial charge in [-0.3, -0.25) is 0 Å². The fourth-order valence-electron chi connectivity index (χ4n) is 2.40. The maximum atomic E-state index is 11.1. The minimum atomic E-state index is -2.87. The van der Waals surface area contributed by atoms with Crippen molar-refractivity contribution in [3.05, 3.63) is 29.8 Å². The lowest BCUT2D eigenvalue weighted by Crippen LogP contribution is -2.34. The van der Waals surface area contributed by atoms with Gasteiger partial charge in [-0.25, -0.2) is 8.42 Å². The first-order chi connectivity index (χ1) is 8.97. The quantitative estimate of drug-likeness (QED) is 0.837. The van der Waals surface area contributed by atoms with Crippen LogP contribution in [0.5, 0.6) is 5.75 Å². The van der Waals surface area contributed by atoms with Crippen LogP contribution in [-0.2, 0) is 9.84 Å². The van der Waals surface area contributed by atoms with Crippen LogP contribution in [0.3, 0.4) is 0 Å². The molecule has 19 heavy (non-hydrogen) atoms. The van der Waals surface area contributed by atoms with E-state index in [9.17, 15) is 8.42 Å². The fourth-order valence-corrected chi connectivity index (χ4v) is 3.06. The molecule has 0 saturated heterocycles. The molecule has 0 spiro atoms. The highest BCUT2D eigenvalue weighted by Crippen LogP contribution is 2.34. The highest BCUT2D eigenvalue weighted by atomic mass is 32.2. The highest BCUT2D eigenvalue weighted by molar-refractivity contribution is 7.90. The number of benzene rings is 1. The Morgan fingerprint density at radius 3 is 2.84 bits per heavy atom. The molecule has 0 aromatic heterocycles. The van der Waals surface area contributed by atoms with E-state index >= 15 is 0 Å². The monoisotopic (exact) mass is 283 g/mol. The van der Waals surface area contributed by atoms with Gasteiger partial charge in [0.05, 0.1) is 12.4 Å². The van der Waals surface area contributed by atoms with Crippen molar-refractivity contribution >= 4 is 9.84 Å².